The Kier molecular flexibility index (Phi) is 3.02. The van der Waals surface area contributed by atoms with E-state index >= 15 is 0 Å². The predicted molar refractivity (Wildman–Crippen MR) is 43.6 cm³/mol. The summed E-state index contributed by atoms with van der Waals surface area (Å²) in [5.74, 6) is -0.0745. The van der Waals surface area contributed by atoms with Gasteiger partial charge in [0.1, 0.15) is 0 Å². The molecule has 66 valence electrons. The largest absolute Gasteiger partial charge is 0.469 e. The zero-order chi connectivity index (χ0) is 8.97. The molecule has 12 heavy (non-hydrogen) atoms. The number of carbonyl (C=O) groups excluding carboxylic acids is 2. The van der Waals surface area contributed by atoms with Crippen molar-refractivity contribution in [3.8, 4) is 0 Å². The number of rotatable bonds is 3. The van der Waals surface area contributed by atoms with Crippen LogP contribution in [-0.4, -0.2) is 18.9 Å². The lowest BCUT2D eigenvalue weighted by atomic mass is 10.1. The van der Waals surface area contributed by atoms with E-state index in [4.69, 9.17) is 0 Å². The van der Waals surface area contributed by atoms with Crippen LogP contribution < -0.4 is 0 Å². The maximum Gasteiger partial charge on any atom is 0.305 e. The van der Waals surface area contributed by atoms with Gasteiger partial charge in [-0.25, -0.2) is 0 Å². The number of hydrogen-bond donors (Lipinski definition) is 0. The minimum absolute atomic E-state index is 0.180. The highest BCUT2D eigenvalue weighted by Crippen LogP contribution is 2.18. The first-order valence-corrected chi connectivity index (χ1v) is 4.03. The number of carbonyl (C=O) groups is 2. The Morgan fingerprint density at radius 2 is 2.42 bits per heavy atom. The Labute approximate surface area is 71.4 Å². The van der Waals surface area contributed by atoms with Crippen LogP contribution in [-0.2, 0) is 14.3 Å². The van der Waals surface area contributed by atoms with E-state index in [9.17, 15) is 9.59 Å². The van der Waals surface area contributed by atoms with Gasteiger partial charge >= 0.3 is 5.97 Å². The van der Waals surface area contributed by atoms with Gasteiger partial charge in [-0.2, -0.15) is 0 Å². The van der Waals surface area contributed by atoms with Gasteiger partial charge in [0.15, 0.2) is 5.78 Å². The molecule has 0 aromatic rings. The van der Waals surface area contributed by atoms with E-state index in [2.05, 4.69) is 4.74 Å². The number of allylic oxidation sites excluding steroid dienone is 2. The lowest BCUT2D eigenvalue weighted by Gasteiger charge is -1.98. The smallest absolute Gasteiger partial charge is 0.305 e. The van der Waals surface area contributed by atoms with Crippen molar-refractivity contribution in [3.63, 3.8) is 0 Å². The summed E-state index contributed by atoms with van der Waals surface area (Å²) in [6, 6.07) is 0. The third kappa shape index (κ3) is 2.19. The van der Waals surface area contributed by atoms with Crippen LogP contribution in [0.3, 0.4) is 0 Å². The van der Waals surface area contributed by atoms with Crippen molar-refractivity contribution in [2.24, 2.45) is 0 Å². The van der Waals surface area contributed by atoms with Crippen molar-refractivity contribution in [3.05, 3.63) is 11.6 Å². The van der Waals surface area contributed by atoms with Gasteiger partial charge in [-0.3, -0.25) is 9.59 Å². The van der Waals surface area contributed by atoms with Crippen LogP contribution in [0.25, 0.3) is 0 Å². The van der Waals surface area contributed by atoms with Crippen LogP contribution in [0.2, 0.25) is 0 Å². The number of ketones is 1. The van der Waals surface area contributed by atoms with Crippen molar-refractivity contribution in [1.82, 2.24) is 0 Å². The highest BCUT2D eigenvalue weighted by atomic mass is 16.5. The lowest BCUT2D eigenvalue weighted by Crippen LogP contribution is -2.03. The van der Waals surface area contributed by atoms with Crippen molar-refractivity contribution in [2.45, 2.75) is 25.7 Å². The Hall–Kier alpha value is -1.12. The standard InChI is InChI=1S/C9H12O3/c1-12-9(11)6-5-7-3-2-4-8(7)10/h3H,2,4-6H2,1H3. The van der Waals surface area contributed by atoms with Crippen LogP contribution >= 0.6 is 0 Å². The van der Waals surface area contributed by atoms with E-state index in [1.54, 1.807) is 0 Å². The number of ether oxygens (including phenoxy) is 1. The summed E-state index contributed by atoms with van der Waals surface area (Å²) in [4.78, 5) is 21.8. The minimum atomic E-state index is -0.254. The van der Waals surface area contributed by atoms with Crippen LogP contribution in [0.5, 0.6) is 0 Å². The van der Waals surface area contributed by atoms with E-state index < -0.39 is 0 Å². The van der Waals surface area contributed by atoms with Crippen molar-refractivity contribution < 1.29 is 14.3 Å². The fourth-order valence-corrected chi connectivity index (χ4v) is 1.23. The second kappa shape index (κ2) is 4.04. The summed E-state index contributed by atoms with van der Waals surface area (Å²) in [6.45, 7) is 0. The second-order valence-corrected chi connectivity index (χ2v) is 2.77. The van der Waals surface area contributed by atoms with E-state index in [1.807, 2.05) is 6.08 Å². The summed E-state index contributed by atoms with van der Waals surface area (Å²) in [5.41, 5.74) is 0.792. The Bertz CT molecular complexity index is 228. The molecule has 1 aliphatic rings. The molecule has 3 heteroatoms. The maximum absolute atomic E-state index is 11.1. The molecule has 0 heterocycles. The van der Waals surface area contributed by atoms with E-state index in [1.165, 1.54) is 7.11 Å². The quantitative estimate of drug-likeness (QED) is 0.595. The van der Waals surface area contributed by atoms with Crippen LogP contribution in [0.15, 0.2) is 11.6 Å². The molecule has 1 aliphatic carbocycles. The third-order valence-corrected chi connectivity index (χ3v) is 1.95. The number of methoxy groups -OCH3 is 1. The topological polar surface area (TPSA) is 43.4 Å². The Morgan fingerprint density at radius 3 is 2.92 bits per heavy atom. The first kappa shape index (κ1) is 8.97. The average Bonchev–Trinajstić information content (AvgIpc) is 2.47. The Balaban J connectivity index is 2.32. The maximum atomic E-state index is 11.1. The molecule has 0 atom stereocenters. The third-order valence-electron chi connectivity index (χ3n) is 1.95. The minimum Gasteiger partial charge on any atom is -0.469 e. The molecule has 0 aromatic carbocycles. The fourth-order valence-electron chi connectivity index (χ4n) is 1.23. The lowest BCUT2D eigenvalue weighted by molar-refractivity contribution is -0.140. The summed E-state index contributed by atoms with van der Waals surface area (Å²) in [5, 5.41) is 0. The number of hydrogen-bond acceptors (Lipinski definition) is 3. The second-order valence-electron chi connectivity index (χ2n) is 2.77. The highest BCUT2D eigenvalue weighted by molar-refractivity contribution is 5.97. The van der Waals surface area contributed by atoms with Gasteiger partial charge < -0.3 is 4.74 Å². The molecule has 1 rings (SSSR count). The molecule has 3 nitrogen and oxygen atoms in total. The summed E-state index contributed by atoms with van der Waals surface area (Å²) < 4.78 is 4.47. The first-order valence-electron chi connectivity index (χ1n) is 4.03. The van der Waals surface area contributed by atoms with Crippen LogP contribution in [0.1, 0.15) is 25.7 Å². The van der Waals surface area contributed by atoms with Crippen molar-refractivity contribution in [2.75, 3.05) is 7.11 Å². The molecular formula is C9H12O3. The van der Waals surface area contributed by atoms with Crippen LogP contribution in [0.4, 0.5) is 0 Å². The molecule has 0 unspecified atom stereocenters. The molecule has 0 saturated carbocycles. The van der Waals surface area contributed by atoms with E-state index in [0.717, 1.165) is 12.0 Å². The van der Waals surface area contributed by atoms with Gasteiger partial charge in [0.25, 0.3) is 0 Å². The summed E-state index contributed by atoms with van der Waals surface area (Å²) >= 11 is 0. The summed E-state index contributed by atoms with van der Waals surface area (Å²) in [7, 11) is 1.35. The molecular weight excluding hydrogens is 156 g/mol. The van der Waals surface area contributed by atoms with E-state index in [0.29, 0.717) is 19.3 Å². The Morgan fingerprint density at radius 1 is 1.67 bits per heavy atom. The monoisotopic (exact) mass is 168 g/mol. The molecule has 0 amide bonds. The molecule has 0 radical (unpaired) electrons. The zero-order valence-electron chi connectivity index (χ0n) is 7.13. The molecule has 0 saturated heterocycles. The molecule has 0 fully saturated rings. The van der Waals surface area contributed by atoms with Crippen molar-refractivity contribution >= 4 is 11.8 Å². The molecule has 0 bridgehead atoms. The molecule has 0 spiro atoms. The average molecular weight is 168 g/mol. The molecule has 0 N–H and O–H groups in total. The summed E-state index contributed by atoms with van der Waals surface area (Å²) in [6.07, 6.45) is 4.19. The van der Waals surface area contributed by atoms with Gasteiger partial charge in [-0.05, 0) is 18.4 Å². The fraction of sp³-hybridized carbons (Fsp3) is 0.556. The molecule has 0 aliphatic heterocycles. The van der Waals surface area contributed by atoms with Gasteiger partial charge in [-0.1, -0.05) is 6.08 Å². The van der Waals surface area contributed by atoms with Gasteiger partial charge in [0.2, 0.25) is 0 Å². The number of esters is 1. The first-order chi connectivity index (χ1) is 5.74. The number of Topliss-reactive ketones (excluding diaryl/α,β-unsaturated/α-hetero) is 1. The van der Waals surface area contributed by atoms with Gasteiger partial charge in [0.05, 0.1) is 7.11 Å². The zero-order valence-corrected chi connectivity index (χ0v) is 7.13. The van der Waals surface area contributed by atoms with E-state index in [-0.39, 0.29) is 11.8 Å². The predicted octanol–water partition coefficient (Wildman–Crippen LogP) is 1.23. The highest BCUT2D eigenvalue weighted by Gasteiger charge is 2.15. The SMILES string of the molecule is COC(=O)CCC1=CCCC1=O. The van der Waals surface area contributed by atoms with Crippen LogP contribution in [0, 0.1) is 0 Å². The van der Waals surface area contributed by atoms with Gasteiger partial charge in [0, 0.05) is 12.8 Å². The van der Waals surface area contributed by atoms with Gasteiger partial charge in [-0.15, -0.1) is 0 Å². The van der Waals surface area contributed by atoms with Crippen molar-refractivity contribution in [1.29, 1.82) is 0 Å². The normalized spacial score (nSPS) is 16.1. The molecule has 0 aromatic heterocycles.